The van der Waals surface area contributed by atoms with Crippen molar-refractivity contribution < 1.29 is 5.11 Å². The van der Waals surface area contributed by atoms with Crippen LogP contribution in [0.3, 0.4) is 0 Å². The van der Waals surface area contributed by atoms with E-state index in [2.05, 4.69) is 9.55 Å². The van der Waals surface area contributed by atoms with Gasteiger partial charge in [0.05, 0.1) is 22.2 Å². The molecule has 1 aliphatic heterocycles. The molecule has 2 aromatic rings. The van der Waals surface area contributed by atoms with Gasteiger partial charge in [-0.3, -0.25) is 0 Å². The predicted octanol–water partition coefficient (Wildman–Crippen LogP) is 2.00. The first kappa shape index (κ1) is 9.19. The predicted molar refractivity (Wildman–Crippen MR) is 59.1 cm³/mol. The van der Waals surface area contributed by atoms with Gasteiger partial charge in [0.15, 0.2) is 0 Å². The summed E-state index contributed by atoms with van der Waals surface area (Å²) in [4.78, 5) is 4.48. The van der Waals surface area contributed by atoms with E-state index in [4.69, 9.17) is 11.6 Å². The molecule has 0 amide bonds. The highest BCUT2D eigenvalue weighted by atomic mass is 35.5. The van der Waals surface area contributed by atoms with E-state index in [1.54, 1.807) is 0 Å². The Morgan fingerprint density at radius 3 is 3.20 bits per heavy atom. The smallest absolute Gasteiger partial charge is 0.112 e. The fraction of sp³-hybridized carbons (Fsp3) is 0.364. The van der Waals surface area contributed by atoms with E-state index >= 15 is 0 Å². The molecule has 4 heteroatoms. The molecule has 0 saturated heterocycles. The standard InChI is InChI=1S/C11H11ClN2O/c12-8-2-1-3-9-11(8)14-5-4-7(15)6-10(14)13-9/h1-3,7,15H,4-6H2. The Labute approximate surface area is 92.3 Å². The minimum atomic E-state index is -0.256. The average molecular weight is 223 g/mol. The number of para-hydroxylation sites is 1. The third-order valence-electron chi connectivity index (χ3n) is 2.90. The van der Waals surface area contributed by atoms with Crippen LogP contribution in [0.2, 0.25) is 5.02 Å². The number of aryl methyl sites for hydroxylation is 1. The highest BCUT2D eigenvalue weighted by molar-refractivity contribution is 6.35. The van der Waals surface area contributed by atoms with Crippen molar-refractivity contribution in [1.82, 2.24) is 9.55 Å². The minimum Gasteiger partial charge on any atom is -0.393 e. The number of imidazole rings is 1. The highest BCUT2D eigenvalue weighted by Gasteiger charge is 2.21. The van der Waals surface area contributed by atoms with Crippen LogP contribution in [0.5, 0.6) is 0 Å². The third kappa shape index (κ3) is 1.34. The van der Waals surface area contributed by atoms with Crippen LogP contribution in [0.4, 0.5) is 0 Å². The molecule has 0 spiro atoms. The number of halogens is 1. The number of aliphatic hydroxyl groups excluding tert-OH is 1. The molecule has 3 rings (SSSR count). The summed E-state index contributed by atoms with van der Waals surface area (Å²) in [6.07, 6.45) is 1.16. The number of rotatable bonds is 0. The van der Waals surface area contributed by atoms with Gasteiger partial charge in [0, 0.05) is 13.0 Å². The quantitative estimate of drug-likeness (QED) is 0.741. The van der Waals surface area contributed by atoms with E-state index in [1.807, 2.05) is 18.2 Å². The molecule has 1 aromatic carbocycles. The van der Waals surface area contributed by atoms with Crippen LogP contribution in [0.1, 0.15) is 12.2 Å². The number of fused-ring (bicyclic) bond motifs is 3. The Bertz CT molecular complexity index is 521. The summed E-state index contributed by atoms with van der Waals surface area (Å²) in [7, 11) is 0. The molecule has 15 heavy (non-hydrogen) atoms. The Morgan fingerprint density at radius 1 is 1.47 bits per heavy atom. The van der Waals surface area contributed by atoms with Gasteiger partial charge in [0.2, 0.25) is 0 Å². The summed E-state index contributed by atoms with van der Waals surface area (Å²) >= 11 is 6.15. The van der Waals surface area contributed by atoms with Crippen molar-refractivity contribution in [1.29, 1.82) is 0 Å². The van der Waals surface area contributed by atoms with Crippen molar-refractivity contribution in [2.24, 2.45) is 0 Å². The summed E-state index contributed by atoms with van der Waals surface area (Å²) in [6.45, 7) is 0.802. The second-order valence-corrected chi connectivity index (χ2v) is 4.34. The van der Waals surface area contributed by atoms with Crippen molar-refractivity contribution in [3.8, 4) is 0 Å². The largest absolute Gasteiger partial charge is 0.393 e. The molecular formula is C11H11ClN2O. The molecule has 0 aliphatic carbocycles. The molecule has 3 nitrogen and oxygen atoms in total. The molecule has 2 heterocycles. The molecule has 1 N–H and O–H groups in total. The van der Waals surface area contributed by atoms with Crippen molar-refractivity contribution in [3.63, 3.8) is 0 Å². The van der Waals surface area contributed by atoms with E-state index < -0.39 is 0 Å². The van der Waals surface area contributed by atoms with Gasteiger partial charge in [0.25, 0.3) is 0 Å². The first-order chi connectivity index (χ1) is 7.25. The SMILES string of the molecule is OC1CCn2c(nc3cccc(Cl)c32)C1. The maximum atomic E-state index is 9.56. The Balaban J connectivity index is 2.29. The fourth-order valence-electron chi connectivity index (χ4n) is 2.18. The molecule has 0 bridgehead atoms. The zero-order valence-corrected chi connectivity index (χ0v) is 8.91. The zero-order chi connectivity index (χ0) is 10.4. The fourth-order valence-corrected chi connectivity index (χ4v) is 2.45. The summed E-state index contributed by atoms with van der Waals surface area (Å²) < 4.78 is 2.12. The van der Waals surface area contributed by atoms with Crippen molar-refractivity contribution >= 4 is 22.6 Å². The number of nitrogens with zero attached hydrogens (tertiary/aromatic N) is 2. The molecule has 1 aromatic heterocycles. The van der Waals surface area contributed by atoms with E-state index in [0.29, 0.717) is 6.42 Å². The lowest BCUT2D eigenvalue weighted by molar-refractivity contribution is 0.142. The Hall–Kier alpha value is -1.06. The van der Waals surface area contributed by atoms with Gasteiger partial charge in [-0.2, -0.15) is 0 Å². The lowest BCUT2D eigenvalue weighted by atomic mass is 10.1. The van der Waals surface area contributed by atoms with Crippen LogP contribution in [0.25, 0.3) is 11.0 Å². The molecule has 0 fully saturated rings. The summed E-state index contributed by atoms with van der Waals surface area (Å²) in [5, 5.41) is 10.3. The van der Waals surface area contributed by atoms with Crippen LogP contribution < -0.4 is 0 Å². The third-order valence-corrected chi connectivity index (χ3v) is 3.21. The summed E-state index contributed by atoms with van der Waals surface area (Å²) in [6, 6.07) is 5.74. The van der Waals surface area contributed by atoms with E-state index in [1.165, 1.54) is 0 Å². The molecule has 0 saturated carbocycles. The number of hydrogen-bond donors (Lipinski definition) is 1. The molecule has 0 radical (unpaired) electrons. The maximum absolute atomic E-state index is 9.56. The number of aromatic nitrogens is 2. The van der Waals surface area contributed by atoms with Crippen LogP contribution in [0, 0.1) is 0 Å². The molecule has 1 unspecified atom stereocenters. The van der Waals surface area contributed by atoms with Crippen LogP contribution >= 0.6 is 11.6 Å². The Morgan fingerprint density at radius 2 is 2.33 bits per heavy atom. The van der Waals surface area contributed by atoms with Gasteiger partial charge in [-0.15, -0.1) is 0 Å². The topological polar surface area (TPSA) is 38.0 Å². The monoisotopic (exact) mass is 222 g/mol. The van der Waals surface area contributed by atoms with E-state index in [-0.39, 0.29) is 6.10 Å². The van der Waals surface area contributed by atoms with Crippen molar-refractivity contribution in [2.45, 2.75) is 25.5 Å². The average Bonchev–Trinajstić information content (AvgIpc) is 2.56. The molecule has 1 atom stereocenters. The molecular weight excluding hydrogens is 212 g/mol. The highest BCUT2D eigenvalue weighted by Crippen LogP contribution is 2.27. The number of aliphatic hydroxyl groups is 1. The van der Waals surface area contributed by atoms with Crippen molar-refractivity contribution in [3.05, 3.63) is 29.0 Å². The second kappa shape index (κ2) is 3.22. The number of benzene rings is 1. The normalized spacial score (nSPS) is 20.5. The summed E-state index contributed by atoms with van der Waals surface area (Å²) in [5.41, 5.74) is 1.92. The van der Waals surface area contributed by atoms with Crippen LogP contribution in [-0.2, 0) is 13.0 Å². The van der Waals surface area contributed by atoms with Gasteiger partial charge < -0.3 is 9.67 Å². The Kier molecular flexibility index (Phi) is 1.97. The van der Waals surface area contributed by atoms with Crippen LogP contribution in [0.15, 0.2) is 18.2 Å². The molecule has 78 valence electrons. The lowest BCUT2D eigenvalue weighted by Crippen LogP contribution is -2.23. The lowest BCUT2D eigenvalue weighted by Gasteiger charge is -2.19. The second-order valence-electron chi connectivity index (χ2n) is 3.93. The van der Waals surface area contributed by atoms with E-state index in [0.717, 1.165) is 34.8 Å². The number of hydrogen-bond acceptors (Lipinski definition) is 2. The first-order valence-electron chi connectivity index (χ1n) is 5.07. The van der Waals surface area contributed by atoms with Gasteiger partial charge in [-0.1, -0.05) is 17.7 Å². The van der Waals surface area contributed by atoms with Gasteiger partial charge in [-0.05, 0) is 18.6 Å². The maximum Gasteiger partial charge on any atom is 0.112 e. The zero-order valence-electron chi connectivity index (χ0n) is 8.15. The van der Waals surface area contributed by atoms with Gasteiger partial charge >= 0.3 is 0 Å². The minimum absolute atomic E-state index is 0.256. The summed E-state index contributed by atoms with van der Waals surface area (Å²) in [5.74, 6) is 0.942. The van der Waals surface area contributed by atoms with Crippen LogP contribution in [-0.4, -0.2) is 20.8 Å². The van der Waals surface area contributed by atoms with Gasteiger partial charge in [0.1, 0.15) is 5.82 Å². The molecule has 1 aliphatic rings. The van der Waals surface area contributed by atoms with Crippen molar-refractivity contribution in [2.75, 3.05) is 0 Å². The van der Waals surface area contributed by atoms with E-state index in [9.17, 15) is 5.11 Å². The first-order valence-corrected chi connectivity index (χ1v) is 5.45. The van der Waals surface area contributed by atoms with Gasteiger partial charge in [-0.25, -0.2) is 4.98 Å².